The molecule has 1 fully saturated rings. The molecule has 7 heteroatoms. The molecule has 3 amide bonds. The highest BCUT2D eigenvalue weighted by Crippen LogP contribution is 2.36. The van der Waals surface area contributed by atoms with Crippen LogP contribution in [0.15, 0.2) is 0 Å². The standard InChI is InChI=1S/C14H27N3O3Si/c1-9(11-6-7-11)13(19)15-8-4-3-5-12(14(20)17-21)16-10(2)18/h9,11-12H,3-8H2,1-2,21H3,(H,15,19)(H,16,18)(H,17,20). The Kier molecular flexibility index (Phi) is 7.42. The molecule has 21 heavy (non-hydrogen) atoms. The highest BCUT2D eigenvalue weighted by molar-refractivity contribution is 6.15. The summed E-state index contributed by atoms with van der Waals surface area (Å²) in [6.45, 7) is 4.02. The third-order valence-electron chi connectivity index (χ3n) is 3.90. The molecule has 0 aliphatic heterocycles. The van der Waals surface area contributed by atoms with Gasteiger partial charge in [0.1, 0.15) is 16.4 Å². The summed E-state index contributed by atoms with van der Waals surface area (Å²) in [5.41, 5.74) is 0. The fourth-order valence-electron chi connectivity index (χ4n) is 2.34. The van der Waals surface area contributed by atoms with E-state index in [4.69, 9.17) is 0 Å². The number of hydrogen-bond acceptors (Lipinski definition) is 3. The van der Waals surface area contributed by atoms with Crippen molar-refractivity contribution in [1.82, 2.24) is 15.6 Å². The van der Waals surface area contributed by atoms with Crippen LogP contribution in [0.2, 0.25) is 0 Å². The van der Waals surface area contributed by atoms with Crippen molar-refractivity contribution >= 4 is 28.1 Å². The van der Waals surface area contributed by atoms with Crippen LogP contribution >= 0.6 is 0 Å². The maximum Gasteiger partial charge on any atom is 0.234 e. The molecule has 3 N–H and O–H groups in total. The topological polar surface area (TPSA) is 87.3 Å². The first kappa shape index (κ1) is 17.7. The van der Waals surface area contributed by atoms with Gasteiger partial charge in [-0.3, -0.25) is 14.4 Å². The van der Waals surface area contributed by atoms with Gasteiger partial charge in [0, 0.05) is 19.4 Å². The van der Waals surface area contributed by atoms with E-state index in [0.29, 0.717) is 29.3 Å². The number of carbonyl (C=O) groups excluding carboxylic acids is 3. The number of carbonyl (C=O) groups is 3. The Balaban J connectivity index is 2.16. The summed E-state index contributed by atoms with van der Waals surface area (Å²) in [4.78, 5) is 37.2. The minimum Gasteiger partial charge on any atom is -0.389 e. The quantitative estimate of drug-likeness (QED) is 0.385. The molecule has 0 aromatic rings. The Morgan fingerprint density at radius 1 is 1.19 bits per heavy atom. The van der Waals surface area contributed by atoms with E-state index in [0.717, 1.165) is 12.8 Å². The maximum absolute atomic E-state index is 11.8. The first-order valence-electron chi connectivity index (χ1n) is 7.72. The zero-order chi connectivity index (χ0) is 15.8. The molecule has 0 bridgehead atoms. The summed E-state index contributed by atoms with van der Waals surface area (Å²) in [5.74, 6) is 0.507. The Labute approximate surface area is 129 Å². The van der Waals surface area contributed by atoms with Crippen LogP contribution in [0.25, 0.3) is 0 Å². The second kappa shape index (κ2) is 8.81. The summed E-state index contributed by atoms with van der Waals surface area (Å²) in [7, 11) is 0.573. The third kappa shape index (κ3) is 6.75. The largest absolute Gasteiger partial charge is 0.389 e. The molecule has 1 saturated carbocycles. The number of amides is 3. The lowest BCUT2D eigenvalue weighted by Gasteiger charge is -2.16. The molecule has 2 unspecified atom stereocenters. The summed E-state index contributed by atoms with van der Waals surface area (Å²) in [6.07, 6.45) is 4.54. The van der Waals surface area contributed by atoms with Crippen molar-refractivity contribution in [2.45, 2.75) is 52.0 Å². The molecule has 0 saturated heterocycles. The van der Waals surface area contributed by atoms with Gasteiger partial charge in [0.25, 0.3) is 0 Å². The highest BCUT2D eigenvalue weighted by atomic mass is 28.2. The van der Waals surface area contributed by atoms with E-state index in [1.165, 1.54) is 19.8 Å². The number of unbranched alkanes of at least 4 members (excludes halogenated alkanes) is 1. The van der Waals surface area contributed by atoms with E-state index in [1.54, 1.807) is 0 Å². The lowest BCUT2D eigenvalue weighted by atomic mass is 10.1. The molecule has 2 atom stereocenters. The molecule has 0 heterocycles. The van der Waals surface area contributed by atoms with Crippen molar-refractivity contribution in [3.8, 4) is 0 Å². The van der Waals surface area contributed by atoms with Gasteiger partial charge in [-0.25, -0.2) is 0 Å². The minimum atomic E-state index is -0.457. The monoisotopic (exact) mass is 313 g/mol. The van der Waals surface area contributed by atoms with E-state index in [9.17, 15) is 14.4 Å². The van der Waals surface area contributed by atoms with E-state index in [2.05, 4.69) is 15.6 Å². The second-order valence-corrected chi connectivity index (χ2v) is 6.28. The third-order valence-corrected chi connectivity index (χ3v) is 4.39. The average molecular weight is 313 g/mol. The molecule has 6 nitrogen and oxygen atoms in total. The SMILES string of the molecule is CC(=O)NC(CCCCNC(=O)C(C)C1CC1)C(=O)N[SiH3]. The van der Waals surface area contributed by atoms with E-state index in [-0.39, 0.29) is 23.6 Å². The molecular weight excluding hydrogens is 286 g/mol. The number of hydrogen-bond donors (Lipinski definition) is 3. The van der Waals surface area contributed by atoms with Crippen molar-refractivity contribution in [1.29, 1.82) is 0 Å². The van der Waals surface area contributed by atoms with Gasteiger partial charge in [0.05, 0.1) is 0 Å². The molecule has 0 spiro atoms. The Bertz CT molecular complexity index is 386. The zero-order valence-corrected chi connectivity index (χ0v) is 15.2. The molecule has 1 aliphatic rings. The maximum atomic E-state index is 11.8. The predicted octanol–water partition coefficient (Wildman–Crippen LogP) is -0.780. The molecule has 0 aromatic carbocycles. The summed E-state index contributed by atoms with van der Waals surface area (Å²) < 4.78 is 0. The van der Waals surface area contributed by atoms with Crippen molar-refractivity contribution in [2.75, 3.05) is 6.54 Å². The first-order valence-corrected chi connectivity index (χ1v) is 8.72. The summed E-state index contributed by atoms with van der Waals surface area (Å²) in [6, 6.07) is -0.457. The fourth-order valence-corrected chi connectivity index (χ4v) is 2.69. The van der Waals surface area contributed by atoms with Crippen LogP contribution in [0.1, 0.15) is 46.0 Å². The Morgan fingerprint density at radius 3 is 2.38 bits per heavy atom. The molecule has 120 valence electrons. The van der Waals surface area contributed by atoms with Gasteiger partial charge >= 0.3 is 0 Å². The normalized spacial score (nSPS) is 16.9. The highest BCUT2D eigenvalue weighted by Gasteiger charge is 2.32. The van der Waals surface area contributed by atoms with Crippen molar-refractivity contribution in [3.05, 3.63) is 0 Å². The summed E-state index contributed by atoms with van der Waals surface area (Å²) in [5, 5.41) is 5.60. The first-order chi connectivity index (χ1) is 9.95. The van der Waals surface area contributed by atoms with Gasteiger partial charge in [0.15, 0.2) is 0 Å². The van der Waals surface area contributed by atoms with Gasteiger partial charge < -0.3 is 15.6 Å². The lowest BCUT2D eigenvalue weighted by Crippen LogP contribution is -2.45. The number of rotatable bonds is 9. The average Bonchev–Trinajstić information content (AvgIpc) is 3.27. The van der Waals surface area contributed by atoms with Gasteiger partial charge in [-0.2, -0.15) is 0 Å². The van der Waals surface area contributed by atoms with Gasteiger partial charge in [0.2, 0.25) is 17.7 Å². The van der Waals surface area contributed by atoms with Gasteiger partial charge in [-0.05, 0) is 38.0 Å². The fraction of sp³-hybridized carbons (Fsp3) is 0.786. The van der Waals surface area contributed by atoms with Crippen LogP contribution in [-0.4, -0.2) is 40.7 Å². The van der Waals surface area contributed by atoms with Gasteiger partial charge in [-0.1, -0.05) is 6.92 Å². The van der Waals surface area contributed by atoms with Crippen LogP contribution in [0.5, 0.6) is 0 Å². The number of nitrogens with one attached hydrogen (secondary N) is 3. The Hall–Kier alpha value is -1.37. The molecule has 1 aliphatic carbocycles. The second-order valence-electron chi connectivity index (χ2n) is 5.78. The van der Waals surface area contributed by atoms with Crippen molar-refractivity contribution in [2.24, 2.45) is 11.8 Å². The minimum absolute atomic E-state index is 0.118. The lowest BCUT2D eigenvalue weighted by molar-refractivity contribution is -0.127. The molecular formula is C14H27N3O3Si. The molecule has 0 radical (unpaired) electrons. The van der Waals surface area contributed by atoms with E-state index >= 15 is 0 Å². The molecule has 0 aromatic heterocycles. The van der Waals surface area contributed by atoms with Crippen molar-refractivity contribution in [3.63, 3.8) is 0 Å². The predicted molar refractivity (Wildman–Crippen MR) is 84.4 cm³/mol. The smallest absolute Gasteiger partial charge is 0.234 e. The van der Waals surface area contributed by atoms with Crippen LogP contribution in [0.3, 0.4) is 0 Å². The summed E-state index contributed by atoms with van der Waals surface area (Å²) >= 11 is 0. The van der Waals surface area contributed by atoms with Crippen LogP contribution in [0.4, 0.5) is 0 Å². The van der Waals surface area contributed by atoms with E-state index < -0.39 is 6.04 Å². The van der Waals surface area contributed by atoms with Crippen LogP contribution in [0, 0.1) is 11.8 Å². The van der Waals surface area contributed by atoms with Crippen molar-refractivity contribution < 1.29 is 14.4 Å². The Morgan fingerprint density at radius 2 is 1.86 bits per heavy atom. The van der Waals surface area contributed by atoms with Crippen LogP contribution in [-0.2, 0) is 14.4 Å². The van der Waals surface area contributed by atoms with Gasteiger partial charge in [-0.15, -0.1) is 0 Å². The van der Waals surface area contributed by atoms with E-state index in [1.807, 2.05) is 6.92 Å². The molecule has 1 rings (SSSR count). The van der Waals surface area contributed by atoms with Crippen LogP contribution < -0.4 is 15.6 Å². The zero-order valence-electron chi connectivity index (χ0n) is 13.2.